The number of nitrogens with one attached hydrogen (secondary N) is 2. The second-order valence-electron chi connectivity index (χ2n) is 5.78. The molecule has 0 spiro atoms. The number of methoxy groups -OCH3 is 2. The zero-order valence-electron chi connectivity index (χ0n) is 15.6. The summed E-state index contributed by atoms with van der Waals surface area (Å²) in [6, 6.07) is 8.85. The van der Waals surface area contributed by atoms with Crippen LogP contribution in [0.5, 0.6) is 11.5 Å². The molecule has 2 amide bonds. The van der Waals surface area contributed by atoms with Gasteiger partial charge in [0.1, 0.15) is 11.5 Å². The number of nitrogens with zero attached hydrogens (tertiary/aromatic N) is 1. The minimum absolute atomic E-state index is 0.175. The third-order valence-electron chi connectivity index (χ3n) is 3.77. The lowest BCUT2D eigenvalue weighted by atomic mass is 10.2. The smallest absolute Gasteiger partial charge is 0.251 e. The highest BCUT2D eigenvalue weighted by molar-refractivity contribution is 7.17. The molecule has 3 aromatic rings. The molecule has 2 N–H and O–H groups in total. The van der Waals surface area contributed by atoms with Gasteiger partial charge in [-0.3, -0.25) is 9.59 Å². The van der Waals surface area contributed by atoms with Gasteiger partial charge < -0.3 is 20.1 Å². The predicted molar refractivity (Wildman–Crippen MR) is 111 cm³/mol. The van der Waals surface area contributed by atoms with Gasteiger partial charge in [0.2, 0.25) is 5.91 Å². The lowest BCUT2D eigenvalue weighted by Crippen LogP contribution is -2.32. The van der Waals surface area contributed by atoms with Crippen molar-refractivity contribution in [2.24, 2.45) is 0 Å². The molecule has 0 fully saturated rings. The monoisotopic (exact) mass is 417 g/mol. The van der Waals surface area contributed by atoms with E-state index < -0.39 is 5.91 Å². The first-order valence-corrected chi connectivity index (χ1v) is 10.0. The zero-order valence-corrected chi connectivity index (χ0v) is 17.2. The molecule has 0 saturated carbocycles. The molecule has 7 nitrogen and oxygen atoms in total. The Labute approximate surface area is 170 Å². The summed E-state index contributed by atoms with van der Waals surface area (Å²) in [5.74, 6) is 0.230. The summed E-state index contributed by atoms with van der Waals surface area (Å²) in [5, 5.41) is 7.66. The summed E-state index contributed by atoms with van der Waals surface area (Å²) in [7, 11) is 3.01. The maximum atomic E-state index is 12.3. The fourth-order valence-corrected chi connectivity index (χ4v) is 4.01. The Balaban J connectivity index is 1.57. The molecule has 1 aromatic carbocycles. The fourth-order valence-electron chi connectivity index (χ4n) is 2.38. The molecule has 0 aliphatic heterocycles. The minimum atomic E-state index is -0.402. The third-order valence-corrected chi connectivity index (χ3v) is 5.55. The van der Waals surface area contributed by atoms with Crippen LogP contribution in [0.15, 0.2) is 35.7 Å². The van der Waals surface area contributed by atoms with Crippen LogP contribution in [0.3, 0.4) is 0 Å². The van der Waals surface area contributed by atoms with Gasteiger partial charge in [-0.05, 0) is 31.2 Å². The van der Waals surface area contributed by atoms with Gasteiger partial charge in [-0.2, -0.15) is 0 Å². The van der Waals surface area contributed by atoms with Crippen molar-refractivity contribution >= 4 is 39.6 Å². The summed E-state index contributed by atoms with van der Waals surface area (Å²) < 4.78 is 10.3. The Hall–Kier alpha value is -2.91. The van der Waals surface area contributed by atoms with Crippen LogP contribution < -0.4 is 20.1 Å². The number of thiophene rings is 1. The van der Waals surface area contributed by atoms with Gasteiger partial charge in [0.25, 0.3) is 5.91 Å². The highest BCUT2D eigenvalue weighted by Crippen LogP contribution is 2.30. The highest BCUT2D eigenvalue weighted by atomic mass is 32.1. The van der Waals surface area contributed by atoms with E-state index in [2.05, 4.69) is 15.6 Å². The Kier molecular flexibility index (Phi) is 6.27. The van der Waals surface area contributed by atoms with Crippen LogP contribution in [0.25, 0.3) is 10.6 Å². The maximum Gasteiger partial charge on any atom is 0.251 e. The van der Waals surface area contributed by atoms with E-state index in [1.54, 1.807) is 29.5 Å². The van der Waals surface area contributed by atoms with Crippen LogP contribution in [0, 0.1) is 6.92 Å². The van der Waals surface area contributed by atoms with Crippen molar-refractivity contribution < 1.29 is 19.1 Å². The zero-order chi connectivity index (χ0) is 20.1. The van der Waals surface area contributed by atoms with Crippen LogP contribution in [0.2, 0.25) is 0 Å². The molecular weight excluding hydrogens is 398 g/mol. The lowest BCUT2D eigenvalue weighted by Gasteiger charge is -2.09. The molecule has 2 heterocycles. The first kappa shape index (κ1) is 19.8. The van der Waals surface area contributed by atoms with Crippen molar-refractivity contribution in [2.45, 2.75) is 6.92 Å². The summed E-state index contributed by atoms with van der Waals surface area (Å²) in [6.07, 6.45) is 0. The quantitative estimate of drug-likeness (QED) is 0.613. The Morgan fingerprint density at radius 3 is 2.43 bits per heavy atom. The number of hydrogen-bond donors (Lipinski definition) is 2. The van der Waals surface area contributed by atoms with Crippen LogP contribution >= 0.6 is 22.7 Å². The summed E-state index contributed by atoms with van der Waals surface area (Å²) in [5.41, 5.74) is 1.17. The van der Waals surface area contributed by atoms with Crippen LogP contribution in [-0.4, -0.2) is 37.6 Å². The molecule has 0 aliphatic rings. The summed E-state index contributed by atoms with van der Waals surface area (Å²) in [6.45, 7) is 1.86. The van der Waals surface area contributed by atoms with Gasteiger partial charge >= 0.3 is 0 Å². The molecule has 0 bridgehead atoms. The molecule has 0 aliphatic carbocycles. The molecule has 9 heteroatoms. The van der Waals surface area contributed by atoms with Crippen molar-refractivity contribution in [3.63, 3.8) is 0 Å². The average molecular weight is 418 g/mol. The number of carbonyl (C=O) groups excluding carboxylic acids is 2. The predicted octanol–water partition coefficient (Wildman–Crippen LogP) is 3.57. The average Bonchev–Trinajstić information content (AvgIpc) is 3.34. The van der Waals surface area contributed by atoms with Crippen LogP contribution in [-0.2, 0) is 4.79 Å². The molecule has 2 aromatic heterocycles. The largest absolute Gasteiger partial charge is 0.497 e. The van der Waals surface area contributed by atoms with E-state index in [0.717, 1.165) is 10.6 Å². The molecule has 0 atom stereocenters. The van der Waals surface area contributed by atoms with Crippen LogP contribution in [0.4, 0.5) is 5.13 Å². The van der Waals surface area contributed by atoms with Crippen molar-refractivity contribution in [3.05, 3.63) is 46.2 Å². The maximum absolute atomic E-state index is 12.3. The van der Waals surface area contributed by atoms with Gasteiger partial charge in [-0.25, -0.2) is 4.98 Å². The SMILES string of the molecule is COc1cc(OC)cc(C(=O)NCC(=O)Nc2nc(-c3ccc(C)s3)cs2)c1. The number of thiazole rings is 1. The minimum Gasteiger partial charge on any atom is -0.497 e. The van der Waals surface area contributed by atoms with E-state index in [1.807, 2.05) is 24.4 Å². The van der Waals surface area contributed by atoms with E-state index in [-0.39, 0.29) is 12.5 Å². The molecule has 3 rings (SSSR count). The molecule has 28 heavy (non-hydrogen) atoms. The van der Waals surface area contributed by atoms with Crippen molar-refractivity contribution in [3.8, 4) is 22.1 Å². The molecule has 0 radical (unpaired) electrons. The number of aromatic nitrogens is 1. The normalized spacial score (nSPS) is 10.4. The van der Waals surface area contributed by atoms with Crippen molar-refractivity contribution in [2.75, 3.05) is 26.1 Å². The second-order valence-corrected chi connectivity index (χ2v) is 7.93. The van der Waals surface area contributed by atoms with E-state index in [4.69, 9.17) is 9.47 Å². The Morgan fingerprint density at radius 1 is 1.11 bits per heavy atom. The number of carbonyl (C=O) groups is 2. The lowest BCUT2D eigenvalue weighted by molar-refractivity contribution is -0.115. The number of ether oxygens (including phenoxy) is 2. The highest BCUT2D eigenvalue weighted by Gasteiger charge is 2.13. The van der Waals surface area contributed by atoms with E-state index >= 15 is 0 Å². The molecule has 146 valence electrons. The van der Waals surface area contributed by atoms with Gasteiger partial charge in [0.05, 0.1) is 31.3 Å². The first-order valence-electron chi connectivity index (χ1n) is 8.32. The summed E-state index contributed by atoms with van der Waals surface area (Å²) in [4.78, 5) is 31.1. The molecular formula is C19H19N3O4S2. The number of benzene rings is 1. The molecule has 0 saturated heterocycles. The Morgan fingerprint density at radius 2 is 1.82 bits per heavy atom. The number of amides is 2. The van der Waals surface area contributed by atoms with E-state index in [0.29, 0.717) is 22.2 Å². The third kappa shape index (κ3) is 4.87. The van der Waals surface area contributed by atoms with Gasteiger partial charge in [0, 0.05) is 21.9 Å². The number of aryl methyl sites for hydroxylation is 1. The van der Waals surface area contributed by atoms with Gasteiger partial charge in [0.15, 0.2) is 5.13 Å². The van der Waals surface area contributed by atoms with Crippen LogP contribution in [0.1, 0.15) is 15.2 Å². The van der Waals surface area contributed by atoms with Crippen molar-refractivity contribution in [1.82, 2.24) is 10.3 Å². The fraction of sp³-hybridized carbons (Fsp3) is 0.211. The van der Waals surface area contributed by atoms with Gasteiger partial charge in [-0.15, -0.1) is 22.7 Å². The standard InChI is InChI=1S/C19H19N3O4S2/c1-11-4-5-16(28-11)15-10-27-19(21-15)22-17(23)9-20-18(24)12-6-13(25-2)8-14(7-12)26-3/h4-8,10H,9H2,1-3H3,(H,20,24)(H,21,22,23). The first-order chi connectivity index (χ1) is 13.5. The number of rotatable bonds is 7. The van der Waals surface area contributed by atoms with E-state index in [9.17, 15) is 9.59 Å². The van der Waals surface area contributed by atoms with Gasteiger partial charge in [-0.1, -0.05) is 0 Å². The second kappa shape index (κ2) is 8.85. The van der Waals surface area contributed by atoms with Crippen molar-refractivity contribution in [1.29, 1.82) is 0 Å². The molecule has 0 unspecified atom stereocenters. The van der Waals surface area contributed by atoms with E-state index in [1.165, 1.54) is 30.4 Å². The topological polar surface area (TPSA) is 89.5 Å². The summed E-state index contributed by atoms with van der Waals surface area (Å²) >= 11 is 2.99. The Bertz CT molecular complexity index is 974. The number of anilines is 1. The number of hydrogen-bond acceptors (Lipinski definition) is 7.